The molecule has 2 aromatic rings. The predicted molar refractivity (Wildman–Crippen MR) is 182 cm³/mol. The Bertz CT molecular complexity index is 1190. The molecule has 4 N–H and O–H groups in total. The Morgan fingerprint density at radius 1 is 1.05 bits per heavy atom. The fourth-order valence-corrected chi connectivity index (χ4v) is 4.19. The van der Waals surface area contributed by atoms with E-state index < -0.39 is 0 Å². The number of likely N-dealkylation sites (N-methyl/N-ethyl adjacent to an activating group) is 1. The van der Waals surface area contributed by atoms with Crippen molar-refractivity contribution in [3.8, 4) is 0 Å². The maximum atomic E-state index is 13.3. The quantitative estimate of drug-likeness (QED) is 0.174. The van der Waals surface area contributed by atoms with Crippen molar-refractivity contribution in [2.75, 3.05) is 38.7 Å². The van der Waals surface area contributed by atoms with Gasteiger partial charge in [-0.3, -0.25) is 19.9 Å². The second-order valence-electron chi connectivity index (χ2n) is 9.45. The number of hydrogen-bond donors (Lipinski definition) is 3. The van der Waals surface area contributed by atoms with Gasteiger partial charge in [-0.2, -0.15) is 0 Å². The number of anilines is 1. The van der Waals surface area contributed by atoms with Gasteiger partial charge in [0.05, 0.1) is 13.1 Å². The molecule has 1 aliphatic heterocycles. The van der Waals surface area contributed by atoms with Crippen LogP contribution in [0.3, 0.4) is 0 Å². The lowest BCUT2D eigenvalue weighted by molar-refractivity contribution is -0.119. The first-order valence-corrected chi connectivity index (χ1v) is 14.9. The third-order valence-electron chi connectivity index (χ3n) is 6.36. The van der Waals surface area contributed by atoms with Gasteiger partial charge in [0, 0.05) is 50.6 Å². The molecular weight excluding hydrogens is 538 g/mol. The van der Waals surface area contributed by atoms with Gasteiger partial charge in [-0.1, -0.05) is 63.3 Å². The summed E-state index contributed by atoms with van der Waals surface area (Å²) in [4.78, 5) is 31.4. The number of nitrogens with two attached hydrogens (primary N) is 1. The summed E-state index contributed by atoms with van der Waals surface area (Å²) in [6, 6.07) is 13.0. The summed E-state index contributed by atoms with van der Waals surface area (Å²) < 4.78 is 0. The molecule has 8 nitrogen and oxygen atoms in total. The van der Waals surface area contributed by atoms with Gasteiger partial charge >= 0.3 is 0 Å². The van der Waals surface area contributed by atoms with Crippen LogP contribution in [0.5, 0.6) is 0 Å². The molecule has 1 aliphatic rings. The average Bonchev–Trinajstić information content (AvgIpc) is 3.16. The Kier molecular flexibility index (Phi) is 20.5. The first-order chi connectivity index (χ1) is 20.7. The number of carbonyl (C=O) groups excluding carboxylic acids is 2. The molecule has 2 aromatic carbocycles. The highest BCUT2D eigenvalue weighted by atomic mass is 16.2. The van der Waals surface area contributed by atoms with E-state index >= 15 is 0 Å². The number of rotatable bonds is 10. The van der Waals surface area contributed by atoms with Gasteiger partial charge in [0.2, 0.25) is 5.91 Å². The molecule has 8 heteroatoms. The van der Waals surface area contributed by atoms with Crippen molar-refractivity contribution in [3.05, 3.63) is 102 Å². The number of allylic oxidation sites excluding steroid dienone is 3. The van der Waals surface area contributed by atoms with E-state index in [1.165, 1.54) is 0 Å². The molecule has 0 atom stereocenters. The summed E-state index contributed by atoms with van der Waals surface area (Å²) in [7, 11) is 2.77. The van der Waals surface area contributed by atoms with Crippen LogP contribution in [0.25, 0.3) is 0 Å². The molecule has 43 heavy (non-hydrogen) atoms. The van der Waals surface area contributed by atoms with Gasteiger partial charge in [0.15, 0.2) is 0 Å². The standard InChI is InChI=1S/C27H33N5O2.C5H10.C2H6.CH4O/c1-4-6-14-30(3)27(34)21-10-8-20(9-11-21)17-32-24-13-12-22(26(28)29)16-23(24)18-31(15-7-5-2)19-25(32)33;1-3-5-4-2;2*1-2/h4-6,8-13,16H,2,7,14-15,17-19H2,1,3H3,(H3,28,29);3,5H,4H2,1-2H3;1-2H3;2H,1H3/b6-4-;5-3+;;. The normalized spacial score (nSPS) is 12.6. The molecule has 0 fully saturated rings. The summed E-state index contributed by atoms with van der Waals surface area (Å²) in [6.45, 7) is 16.4. The zero-order chi connectivity index (χ0) is 32.8. The van der Waals surface area contributed by atoms with E-state index in [2.05, 4.69) is 30.6 Å². The lowest BCUT2D eigenvalue weighted by Gasteiger charge is -2.24. The number of aliphatic hydroxyl groups is 1. The fraction of sp³-hybridized carbons (Fsp3) is 0.400. The highest BCUT2D eigenvalue weighted by molar-refractivity contribution is 5.99. The van der Waals surface area contributed by atoms with Gasteiger partial charge in [0.25, 0.3) is 5.91 Å². The predicted octanol–water partition coefficient (Wildman–Crippen LogP) is 6.15. The van der Waals surface area contributed by atoms with Gasteiger partial charge in [-0.15, -0.1) is 6.58 Å². The van der Waals surface area contributed by atoms with E-state index in [1.807, 2.05) is 82.3 Å². The van der Waals surface area contributed by atoms with Crippen molar-refractivity contribution in [2.45, 2.75) is 60.5 Å². The van der Waals surface area contributed by atoms with Crippen LogP contribution in [0.15, 0.2) is 79.4 Å². The molecule has 0 aliphatic carbocycles. The number of amides is 2. The van der Waals surface area contributed by atoms with E-state index in [0.717, 1.165) is 43.3 Å². The van der Waals surface area contributed by atoms with E-state index in [4.69, 9.17) is 16.2 Å². The molecule has 236 valence electrons. The topological polar surface area (TPSA) is 114 Å². The van der Waals surface area contributed by atoms with Crippen molar-refractivity contribution in [1.29, 1.82) is 5.41 Å². The lowest BCUT2D eigenvalue weighted by atomic mass is 10.1. The molecule has 0 radical (unpaired) electrons. The van der Waals surface area contributed by atoms with E-state index in [-0.39, 0.29) is 17.6 Å². The Labute approximate surface area is 259 Å². The van der Waals surface area contributed by atoms with Crippen molar-refractivity contribution in [2.24, 2.45) is 5.73 Å². The molecule has 2 amide bonds. The molecule has 0 saturated heterocycles. The number of hydrogen-bond acceptors (Lipinski definition) is 5. The summed E-state index contributed by atoms with van der Waals surface area (Å²) in [6.07, 6.45) is 11.8. The number of amidine groups is 1. The van der Waals surface area contributed by atoms with Gasteiger partial charge in [-0.25, -0.2) is 0 Å². The van der Waals surface area contributed by atoms with Crippen LogP contribution < -0.4 is 10.6 Å². The van der Waals surface area contributed by atoms with E-state index in [9.17, 15) is 9.59 Å². The molecule has 0 saturated carbocycles. The first kappa shape index (κ1) is 39.0. The van der Waals surface area contributed by atoms with Crippen molar-refractivity contribution in [1.82, 2.24) is 9.80 Å². The lowest BCUT2D eigenvalue weighted by Crippen LogP contribution is -2.37. The van der Waals surface area contributed by atoms with Gasteiger partial charge in [-0.05, 0) is 68.1 Å². The number of aliphatic hydroxyl groups excluding tert-OH is 1. The Hall–Kier alpha value is -4.01. The van der Waals surface area contributed by atoms with Crippen LogP contribution >= 0.6 is 0 Å². The third kappa shape index (κ3) is 13.2. The molecule has 0 bridgehead atoms. The maximum Gasteiger partial charge on any atom is 0.253 e. The second-order valence-corrected chi connectivity index (χ2v) is 9.45. The highest BCUT2D eigenvalue weighted by Crippen LogP contribution is 2.28. The smallest absolute Gasteiger partial charge is 0.253 e. The average molecular weight is 592 g/mol. The van der Waals surface area contributed by atoms with Crippen LogP contribution in [0.1, 0.15) is 74.5 Å². The summed E-state index contributed by atoms with van der Waals surface area (Å²) in [5.74, 6) is -0.0395. The summed E-state index contributed by atoms with van der Waals surface area (Å²) >= 11 is 0. The van der Waals surface area contributed by atoms with Crippen LogP contribution in [-0.2, 0) is 17.9 Å². The number of carbonyl (C=O) groups is 2. The molecule has 3 rings (SSSR count). The number of nitrogens with one attached hydrogen (secondary N) is 1. The third-order valence-corrected chi connectivity index (χ3v) is 6.36. The summed E-state index contributed by atoms with van der Waals surface area (Å²) in [5.41, 5.74) is 9.68. The minimum atomic E-state index is -0.0459. The second kappa shape index (κ2) is 22.6. The Morgan fingerprint density at radius 3 is 2.16 bits per heavy atom. The minimum Gasteiger partial charge on any atom is -0.400 e. The Morgan fingerprint density at radius 2 is 1.65 bits per heavy atom. The number of nitrogen functional groups attached to an aromatic ring is 1. The van der Waals surface area contributed by atoms with E-state index in [0.29, 0.717) is 37.3 Å². The highest BCUT2D eigenvalue weighted by Gasteiger charge is 2.27. The minimum absolute atomic E-state index is 0.00205. The van der Waals surface area contributed by atoms with E-state index in [1.54, 1.807) is 22.9 Å². The fourth-order valence-electron chi connectivity index (χ4n) is 4.19. The van der Waals surface area contributed by atoms with Crippen LogP contribution in [0.2, 0.25) is 0 Å². The molecule has 1 heterocycles. The zero-order valence-electron chi connectivity index (χ0n) is 27.3. The Balaban J connectivity index is 0.00000174. The molecular formula is C35H53N5O3. The monoisotopic (exact) mass is 591 g/mol. The molecule has 0 spiro atoms. The molecule has 0 aromatic heterocycles. The van der Waals surface area contributed by atoms with Crippen LogP contribution in [0, 0.1) is 5.41 Å². The van der Waals surface area contributed by atoms with Gasteiger partial charge in [0.1, 0.15) is 5.84 Å². The molecule has 0 unspecified atom stereocenters. The van der Waals surface area contributed by atoms with Crippen molar-refractivity contribution in [3.63, 3.8) is 0 Å². The first-order valence-electron chi connectivity index (χ1n) is 14.9. The number of nitrogens with zero attached hydrogens (tertiary/aromatic N) is 3. The van der Waals surface area contributed by atoms with Crippen molar-refractivity contribution < 1.29 is 14.7 Å². The largest absolute Gasteiger partial charge is 0.400 e. The number of benzene rings is 2. The van der Waals surface area contributed by atoms with Gasteiger partial charge < -0.3 is 20.6 Å². The SMILES string of the molecule is C/C=C/CC.C=CCCN1CC(=O)N(Cc2ccc(C(=O)N(C)C/C=C\C)cc2)c2ccc(C(=N)N)cc2C1.CC.CO. The van der Waals surface area contributed by atoms with Crippen LogP contribution in [0.4, 0.5) is 5.69 Å². The zero-order valence-corrected chi connectivity index (χ0v) is 27.3. The number of fused-ring (bicyclic) bond motifs is 1. The summed E-state index contributed by atoms with van der Waals surface area (Å²) in [5, 5.41) is 14.8. The van der Waals surface area contributed by atoms with Crippen LogP contribution in [-0.4, -0.2) is 66.3 Å². The maximum absolute atomic E-state index is 13.3. The van der Waals surface area contributed by atoms with Crippen molar-refractivity contribution >= 4 is 23.3 Å².